The van der Waals surface area contributed by atoms with E-state index in [4.69, 9.17) is 12.2 Å². The van der Waals surface area contributed by atoms with Gasteiger partial charge < -0.3 is 4.98 Å². The molecule has 1 aromatic carbocycles. The van der Waals surface area contributed by atoms with Crippen molar-refractivity contribution in [3.05, 3.63) is 45.9 Å². The number of nitrogens with zero attached hydrogens (tertiary/aromatic N) is 1. The number of hydrogen-bond donors (Lipinski definition) is 1. The van der Waals surface area contributed by atoms with E-state index in [1.165, 1.54) is 12.1 Å². The SMILES string of the molecule is Cc1c(-c2ccc(C(F)(F)F)cc2)[nH]c(C(C)C)nc1=S. The van der Waals surface area contributed by atoms with E-state index >= 15 is 0 Å². The van der Waals surface area contributed by atoms with Crippen LogP contribution in [-0.4, -0.2) is 9.97 Å². The number of halogens is 3. The second kappa shape index (κ2) is 5.60. The van der Waals surface area contributed by atoms with Gasteiger partial charge in [0.1, 0.15) is 10.5 Å². The number of aromatic amines is 1. The number of alkyl halides is 3. The first-order chi connectivity index (χ1) is 9.70. The summed E-state index contributed by atoms with van der Waals surface area (Å²) in [6.07, 6.45) is -4.33. The van der Waals surface area contributed by atoms with Gasteiger partial charge in [0, 0.05) is 11.5 Å². The van der Waals surface area contributed by atoms with Crippen LogP contribution in [0.4, 0.5) is 13.2 Å². The average molecular weight is 312 g/mol. The van der Waals surface area contributed by atoms with E-state index in [0.717, 1.165) is 23.5 Å². The lowest BCUT2D eigenvalue weighted by Gasteiger charge is -2.13. The summed E-state index contributed by atoms with van der Waals surface area (Å²) in [5.74, 6) is 0.876. The van der Waals surface area contributed by atoms with Crippen molar-refractivity contribution < 1.29 is 13.2 Å². The van der Waals surface area contributed by atoms with Gasteiger partial charge in [0.15, 0.2) is 0 Å². The summed E-state index contributed by atoms with van der Waals surface area (Å²) < 4.78 is 38.3. The van der Waals surface area contributed by atoms with Crippen LogP contribution in [0.15, 0.2) is 24.3 Å². The van der Waals surface area contributed by atoms with Crippen LogP contribution >= 0.6 is 12.2 Å². The maximum atomic E-state index is 12.6. The fourth-order valence-electron chi connectivity index (χ4n) is 1.94. The van der Waals surface area contributed by atoms with Gasteiger partial charge in [-0.1, -0.05) is 38.2 Å². The van der Waals surface area contributed by atoms with Gasteiger partial charge in [0.2, 0.25) is 0 Å². The summed E-state index contributed by atoms with van der Waals surface area (Å²) in [6.45, 7) is 5.75. The van der Waals surface area contributed by atoms with E-state index in [1.54, 1.807) is 0 Å². The second-order valence-electron chi connectivity index (χ2n) is 5.16. The lowest BCUT2D eigenvalue weighted by Crippen LogP contribution is -2.05. The number of nitrogens with one attached hydrogen (secondary N) is 1. The van der Waals surface area contributed by atoms with Gasteiger partial charge in [-0.05, 0) is 24.6 Å². The molecule has 1 N–H and O–H groups in total. The molecular weight excluding hydrogens is 297 g/mol. The van der Waals surface area contributed by atoms with Crippen LogP contribution in [0.5, 0.6) is 0 Å². The first-order valence-corrected chi connectivity index (χ1v) is 6.89. The van der Waals surface area contributed by atoms with Crippen LogP contribution in [0.1, 0.15) is 36.7 Å². The molecule has 2 aromatic rings. The Hall–Kier alpha value is -1.69. The lowest BCUT2D eigenvalue weighted by atomic mass is 10.0. The third kappa shape index (κ3) is 3.32. The van der Waals surface area contributed by atoms with Crippen molar-refractivity contribution in [3.63, 3.8) is 0 Å². The third-order valence-electron chi connectivity index (χ3n) is 3.22. The van der Waals surface area contributed by atoms with E-state index in [2.05, 4.69) is 9.97 Å². The number of rotatable bonds is 2. The van der Waals surface area contributed by atoms with E-state index < -0.39 is 11.7 Å². The number of benzene rings is 1. The van der Waals surface area contributed by atoms with Gasteiger partial charge in [-0.3, -0.25) is 0 Å². The minimum atomic E-state index is -4.33. The van der Waals surface area contributed by atoms with Gasteiger partial charge >= 0.3 is 6.18 Å². The molecule has 0 aliphatic rings. The Morgan fingerprint density at radius 2 is 1.71 bits per heavy atom. The van der Waals surface area contributed by atoms with Gasteiger partial charge in [-0.15, -0.1) is 0 Å². The summed E-state index contributed by atoms with van der Waals surface area (Å²) in [5.41, 5.74) is 1.47. The van der Waals surface area contributed by atoms with Crippen LogP contribution in [-0.2, 0) is 6.18 Å². The zero-order valence-corrected chi connectivity index (χ0v) is 12.7. The van der Waals surface area contributed by atoms with E-state index in [9.17, 15) is 13.2 Å². The molecule has 0 amide bonds. The maximum Gasteiger partial charge on any atom is 0.416 e. The summed E-state index contributed by atoms with van der Waals surface area (Å²) in [5, 5.41) is 0. The van der Waals surface area contributed by atoms with Crippen molar-refractivity contribution in [1.82, 2.24) is 9.97 Å². The molecule has 0 saturated carbocycles. The molecule has 21 heavy (non-hydrogen) atoms. The quantitative estimate of drug-likeness (QED) is 0.767. The van der Waals surface area contributed by atoms with Crippen LogP contribution < -0.4 is 0 Å². The molecule has 0 bridgehead atoms. The predicted octanol–water partition coefficient (Wildman–Crippen LogP) is 5.26. The van der Waals surface area contributed by atoms with E-state index in [-0.39, 0.29) is 5.92 Å². The summed E-state index contributed by atoms with van der Waals surface area (Å²) in [7, 11) is 0. The predicted molar refractivity (Wildman–Crippen MR) is 78.7 cm³/mol. The van der Waals surface area contributed by atoms with Crippen molar-refractivity contribution in [2.45, 2.75) is 32.9 Å². The van der Waals surface area contributed by atoms with Crippen molar-refractivity contribution in [2.24, 2.45) is 0 Å². The Bertz CT molecular complexity index is 700. The number of H-pyrrole nitrogens is 1. The minimum absolute atomic E-state index is 0.153. The molecule has 0 unspecified atom stereocenters. The summed E-state index contributed by atoms with van der Waals surface area (Å²) >= 11 is 5.22. The molecule has 0 saturated heterocycles. The van der Waals surface area contributed by atoms with Gasteiger partial charge in [-0.2, -0.15) is 13.2 Å². The van der Waals surface area contributed by atoms with Crippen LogP contribution in [0.3, 0.4) is 0 Å². The minimum Gasteiger partial charge on any atom is -0.343 e. The highest BCUT2D eigenvalue weighted by Crippen LogP contribution is 2.31. The summed E-state index contributed by atoms with van der Waals surface area (Å²) in [6, 6.07) is 5.03. The van der Waals surface area contributed by atoms with Gasteiger partial charge in [-0.25, -0.2) is 4.98 Å². The number of aromatic nitrogens is 2. The molecule has 6 heteroatoms. The Morgan fingerprint density at radius 3 is 2.19 bits per heavy atom. The van der Waals surface area contributed by atoms with Gasteiger partial charge in [0.25, 0.3) is 0 Å². The first-order valence-electron chi connectivity index (χ1n) is 6.48. The van der Waals surface area contributed by atoms with Crippen molar-refractivity contribution in [1.29, 1.82) is 0 Å². The molecule has 0 aliphatic heterocycles. The van der Waals surface area contributed by atoms with E-state index in [0.29, 0.717) is 15.9 Å². The molecule has 0 atom stereocenters. The smallest absolute Gasteiger partial charge is 0.343 e. The molecule has 0 radical (unpaired) electrons. The second-order valence-corrected chi connectivity index (χ2v) is 5.54. The Balaban J connectivity index is 2.54. The van der Waals surface area contributed by atoms with E-state index in [1.807, 2.05) is 20.8 Å². The largest absolute Gasteiger partial charge is 0.416 e. The van der Waals surface area contributed by atoms with Crippen LogP contribution in [0.25, 0.3) is 11.3 Å². The Morgan fingerprint density at radius 1 is 1.14 bits per heavy atom. The topological polar surface area (TPSA) is 28.7 Å². The third-order valence-corrected chi connectivity index (χ3v) is 3.62. The number of hydrogen-bond acceptors (Lipinski definition) is 2. The zero-order valence-electron chi connectivity index (χ0n) is 11.9. The highest BCUT2D eigenvalue weighted by atomic mass is 32.1. The van der Waals surface area contributed by atoms with Crippen molar-refractivity contribution in [3.8, 4) is 11.3 Å². The maximum absolute atomic E-state index is 12.6. The molecule has 1 aromatic heterocycles. The Labute approximate surface area is 126 Å². The van der Waals surface area contributed by atoms with Crippen LogP contribution in [0, 0.1) is 11.6 Å². The molecular formula is C15H15F3N2S. The first kappa shape index (κ1) is 15.7. The molecule has 2 rings (SSSR count). The molecule has 0 fully saturated rings. The van der Waals surface area contributed by atoms with Crippen LogP contribution in [0.2, 0.25) is 0 Å². The molecule has 2 nitrogen and oxygen atoms in total. The fraction of sp³-hybridized carbons (Fsp3) is 0.333. The lowest BCUT2D eigenvalue weighted by molar-refractivity contribution is -0.137. The summed E-state index contributed by atoms with van der Waals surface area (Å²) in [4.78, 5) is 7.46. The monoisotopic (exact) mass is 312 g/mol. The van der Waals surface area contributed by atoms with Crippen molar-refractivity contribution in [2.75, 3.05) is 0 Å². The normalized spacial score (nSPS) is 12.0. The Kier molecular flexibility index (Phi) is 4.18. The highest BCUT2D eigenvalue weighted by molar-refractivity contribution is 7.71. The van der Waals surface area contributed by atoms with Gasteiger partial charge in [0.05, 0.1) is 11.3 Å². The standard InChI is InChI=1S/C15H15F3N2S/c1-8(2)13-19-12(9(3)14(21)20-13)10-4-6-11(7-5-10)15(16,17)18/h4-8H,1-3H3,(H,19,20,21). The molecule has 0 spiro atoms. The molecule has 112 valence electrons. The molecule has 0 aliphatic carbocycles. The fourth-order valence-corrected chi connectivity index (χ4v) is 2.14. The van der Waals surface area contributed by atoms with Crippen molar-refractivity contribution >= 4 is 12.2 Å². The highest BCUT2D eigenvalue weighted by Gasteiger charge is 2.30. The average Bonchev–Trinajstić information content (AvgIpc) is 2.40. The zero-order chi connectivity index (χ0) is 15.8. The molecule has 1 heterocycles.